The molecule has 1 heterocycles. The fourth-order valence-electron chi connectivity index (χ4n) is 2.96. The van der Waals surface area contributed by atoms with Gasteiger partial charge in [0.1, 0.15) is 11.6 Å². The molecule has 0 radical (unpaired) electrons. The topological polar surface area (TPSA) is 77.8 Å². The number of amides is 1. The minimum atomic E-state index is -0.830. The van der Waals surface area contributed by atoms with E-state index in [0.29, 0.717) is 5.56 Å². The Balaban J connectivity index is 2.17. The number of hydrogen-bond acceptors (Lipinski definition) is 4. The first-order valence-electron chi connectivity index (χ1n) is 7.74. The molecule has 0 aromatic heterocycles. The molecule has 1 aliphatic heterocycles. The second-order valence-electron chi connectivity index (χ2n) is 5.63. The standard InChI is InChI=1S/C19H16FNO4/c20-14-8-6-13(7-9-14)17(23)15-16(12-4-2-1-3-5-12)21(10-11-22)19(25)18(15)24/h1-9,16,22-23H,10-11H2/t16-/m0/s1. The molecule has 6 heteroatoms. The number of benzene rings is 2. The maximum absolute atomic E-state index is 13.1. The molecule has 0 unspecified atom stereocenters. The number of carbonyl (C=O) groups excluding carboxylic acids is 2. The quantitative estimate of drug-likeness (QED) is 0.508. The molecule has 1 amide bonds. The molecule has 1 fully saturated rings. The SMILES string of the molecule is O=C1C(=O)N(CCO)[C@@H](c2ccccc2)C1=C(O)c1ccc(F)cc1. The lowest BCUT2D eigenvalue weighted by atomic mass is 9.95. The third-order valence-corrected chi connectivity index (χ3v) is 4.11. The van der Waals surface area contributed by atoms with E-state index in [0.717, 1.165) is 12.1 Å². The molecule has 1 aliphatic rings. The molecule has 5 nitrogen and oxygen atoms in total. The van der Waals surface area contributed by atoms with Crippen LogP contribution >= 0.6 is 0 Å². The van der Waals surface area contributed by atoms with Crippen molar-refractivity contribution in [3.05, 3.63) is 77.1 Å². The number of likely N-dealkylation sites (tertiary alicyclic amines) is 1. The van der Waals surface area contributed by atoms with Crippen LogP contribution < -0.4 is 0 Å². The molecule has 2 N–H and O–H groups in total. The number of Topliss-reactive ketones (excluding diaryl/α,β-unsaturated/α-hetero) is 1. The number of hydrogen-bond donors (Lipinski definition) is 2. The predicted molar refractivity (Wildman–Crippen MR) is 88.9 cm³/mol. The van der Waals surface area contributed by atoms with E-state index in [1.165, 1.54) is 17.0 Å². The Morgan fingerprint density at radius 1 is 1.04 bits per heavy atom. The fourth-order valence-corrected chi connectivity index (χ4v) is 2.96. The van der Waals surface area contributed by atoms with Gasteiger partial charge in [-0.1, -0.05) is 30.3 Å². The summed E-state index contributed by atoms with van der Waals surface area (Å²) < 4.78 is 13.1. The van der Waals surface area contributed by atoms with E-state index in [-0.39, 0.29) is 30.0 Å². The van der Waals surface area contributed by atoms with Crippen molar-refractivity contribution in [2.24, 2.45) is 0 Å². The van der Waals surface area contributed by atoms with Crippen LogP contribution in [0.25, 0.3) is 5.76 Å². The van der Waals surface area contributed by atoms with Crippen molar-refractivity contribution in [1.82, 2.24) is 4.90 Å². The molecule has 0 spiro atoms. The number of ketones is 1. The van der Waals surface area contributed by atoms with Crippen molar-refractivity contribution < 1.29 is 24.2 Å². The van der Waals surface area contributed by atoms with Crippen LogP contribution in [0, 0.1) is 5.82 Å². The highest BCUT2D eigenvalue weighted by Crippen LogP contribution is 2.38. The van der Waals surface area contributed by atoms with E-state index in [1.54, 1.807) is 30.3 Å². The highest BCUT2D eigenvalue weighted by molar-refractivity contribution is 6.46. The van der Waals surface area contributed by atoms with Gasteiger partial charge in [0.2, 0.25) is 0 Å². The first kappa shape index (κ1) is 16.9. The van der Waals surface area contributed by atoms with Gasteiger partial charge in [0.05, 0.1) is 18.2 Å². The summed E-state index contributed by atoms with van der Waals surface area (Å²) >= 11 is 0. The van der Waals surface area contributed by atoms with Gasteiger partial charge in [-0.2, -0.15) is 0 Å². The second-order valence-corrected chi connectivity index (χ2v) is 5.63. The van der Waals surface area contributed by atoms with Gasteiger partial charge in [0.25, 0.3) is 11.7 Å². The summed E-state index contributed by atoms with van der Waals surface area (Å²) in [5.74, 6) is -2.46. The fraction of sp³-hybridized carbons (Fsp3) is 0.158. The first-order chi connectivity index (χ1) is 12.0. The van der Waals surface area contributed by atoms with E-state index < -0.39 is 23.5 Å². The van der Waals surface area contributed by atoms with Gasteiger partial charge in [-0.3, -0.25) is 9.59 Å². The number of aliphatic hydroxyl groups is 2. The lowest BCUT2D eigenvalue weighted by molar-refractivity contribution is -0.140. The van der Waals surface area contributed by atoms with Gasteiger partial charge in [-0.15, -0.1) is 0 Å². The smallest absolute Gasteiger partial charge is 0.295 e. The molecular weight excluding hydrogens is 325 g/mol. The maximum Gasteiger partial charge on any atom is 0.295 e. The van der Waals surface area contributed by atoms with Crippen molar-refractivity contribution >= 4 is 17.4 Å². The van der Waals surface area contributed by atoms with Crippen LogP contribution in [0.3, 0.4) is 0 Å². The zero-order chi connectivity index (χ0) is 18.0. The normalized spacial score (nSPS) is 19.4. The van der Waals surface area contributed by atoms with E-state index >= 15 is 0 Å². The number of nitrogens with zero attached hydrogens (tertiary/aromatic N) is 1. The number of carbonyl (C=O) groups is 2. The zero-order valence-electron chi connectivity index (χ0n) is 13.2. The first-order valence-corrected chi connectivity index (χ1v) is 7.74. The molecule has 2 aromatic carbocycles. The molecule has 1 atom stereocenters. The molecule has 0 aliphatic carbocycles. The Morgan fingerprint density at radius 2 is 1.68 bits per heavy atom. The number of β-amino-alcohol motifs (C(OH)–C–C–N with tert-alkyl or cyclic N) is 1. The summed E-state index contributed by atoms with van der Waals surface area (Å²) in [5, 5.41) is 19.9. The van der Waals surface area contributed by atoms with Gasteiger partial charge >= 0.3 is 0 Å². The van der Waals surface area contributed by atoms with Crippen molar-refractivity contribution in [2.45, 2.75) is 6.04 Å². The largest absolute Gasteiger partial charge is 0.507 e. The number of halogens is 1. The van der Waals surface area contributed by atoms with Gasteiger partial charge in [0.15, 0.2) is 0 Å². The third-order valence-electron chi connectivity index (χ3n) is 4.11. The molecule has 1 saturated heterocycles. The van der Waals surface area contributed by atoms with Crippen molar-refractivity contribution in [3.8, 4) is 0 Å². The molecule has 25 heavy (non-hydrogen) atoms. The predicted octanol–water partition coefficient (Wildman–Crippen LogP) is 2.24. The molecule has 0 saturated carbocycles. The van der Waals surface area contributed by atoms with E-state index in [4.69, 9.17) is 0 Å². The summed E-state index contributed by atoms with van der Waals surface area (Å²) in [5.41, 5.74) is 0.805. The summed E-state index contributed by atoms with van der Waals surface area (Å²) in [6.45, 7) is -0.350. The summed E-state index contributed by atoms with van der Waals surface area (Å²) in [6.07, 6.45) is 0. The second kappa shape index (κ2) is 6.86. The molecule has 0 bridgehead atoms. The molecule has 3 rings (SSSR count). The molecule has 128 valence electrons. The van der Waals surface area contributed by atoms with Gasteiger partial charge < -0.3 is 15.1 Å². The Morgan fingerprint density at radius 3 is 2.28 bits per heavy atom. The minimum Gasteiger partial charge on any atom is -0.507 e. The Labute approximate surface area is 143 Å². The highest BCUT2D eigenvalue weighted by atomic mass is 19.1. The highest BCUT2D eigenvalue weighted by Gasteiger charge is 2.45. The van der Waals surface area contributed by atoms with E-state index in [2.05, 4.69) is 0 Å². The van der Waals surface area contributed by atoms with Crippen LogP contribution in [0.15, 0.2) is 60.2 Å². The zero-order valence-corrected chi connectivity index (χ0v) is 13.2. The minimum absolute atomic E-state index is 0.0374. The van der Waals surface area contributed by atoms with Gasteiger partial charge in [-0.25, -0.2) is 4.39 Å². The van der Waals surface area contributed by atoms with E-state index in [9.17, 15) is 24.2 Å². The Bertz CT molecular complexity index is 830. The third kappa shape index (κ3) is 3.04. The van der Waals surface area contributed by atoms with Crippen LogP contribution in [-0.4, -0.2) is 40.0 Å². The van der Waals surface area contributed by atoms with Crippen LogP contribution in [0.2, 0.25) is 0 Å². The van der Waals surface area contributed by atoms with Crippen molar-refractivity contribution in [3.63, 3.8) is 0 Å². The summed E-state index contributed by atoms with van der Waals surface area (Å²) in [7, 11) is 0. The summed E-state index contributed by atoms with van der Waals surface area (Å²) in [6, 6.07) is 13.0. The average molecular weight is 341 g/mol. The summed E-state index contributed by atoms with van der Waals surface area (Å²) in [4.78, 5) is 26.1. The Hall–Kier alpha value is -2.99. The van der Waals surface area contributed by atoms with Crippen LogP contribution in [0.5, 0.6) is 0 Å². The Kier molecular flexibility index (Phi) is 4.63. The van der Waals surface area contributed by atoms with Crippen LogP contribution in [0.1, 0.15) is 17.2 Å². The van der Waals surface area contributed by atoms with Crippen LogP contribution in [0.4, 0.5) is 4.39 Å². The van der Waals surface area contributed by atoms with Crippen molar-refractivity contribution in [1.29, 1.82) is 0 Å². The molecular formula is C19H16FNO4. The monoisotopic (exact) mass is 341 g/mol. The lowest BCUT2D eigenvalue weighted by Crippen LogP contribution is -2.32. The van der Waals surface area contributed by atoms with E-state index in [1.807, 2.05) is 0 Å². The molecule has 2 aromatic rings. The van der Waals surface area contributed by atoms with Crippen molar-refractivity contribution in [2.75, 3.05) is 13.2 Å². The lowest BCUT2D eigenvalue weighted by Gasteiger charge is -2.24. The van der Waals surface area contributed by atoms with Gasteiger partial charge in [-0.05, 0) is 29.8 Å². The van der Waals surface area contributed by atoms with Crippen LogP contribution in [-0.2, 0) is 9.59 Å². The number of rotatable bonds is 4. The average Bonchev–Trinajstić information content (AvgIpc) is 2.88. The maximum atomic E-state index is 13.1. The number of aliphatic hydroxyl groups excluding tert-OH is 2. The van der Waals surface area contributed by atoms with Gasteiger partial charge in [0, 0.05) is 12.1 Å².